The van der Waals surface area contributed by atoms with Gasteiger partial charge in [0, 0.05) is 17.7 Å². The van der Waals surface area contributed by atoms with Crippen molar-refractivity contribution in [2.24, 2.45) is 5.16 Å². The van der Waals surface area contributed by atoms with Crippen LogP contribution in [0.3, 0.4) is 0 Å². The normalized spacial score (nSPS) is 10.6. The van der Waals surface area contributed by atoms with Crippen molar-refractivity contribution in [2.45, 2.75) is 6.42 Å². The maximum Gasteiger partial charge on any atom is 0.0479 e. The van der Waals surface area contributed by atoms with Gasteiger partial charge in [0.05, 0.1) is 0 Å². The van der Waals surface area contributed by atoms with Crippen LogP contribution in [0, 0.1) is 0 Å². The summed E-state index contributed by atoms with van der Waals surface area (Å²) in [5.74, 6) is 0. The molecule has 0 aliphatic heterocycles. The predicted octanol–water partition coefficient (Wildman–Crippen LogP) is 2.34. The molecule has 0 unspecified atom stereocenters. The number of benzene rings is 1. The van der Waals surface area contributed by atoms with Gasteiger partial charge in [-0.25, -0.2) is 0 Å². The number of nitrogens with zero attached hydrogens (tertiary/aromatic N) is 1. The Morgan fingerprint density at radius 3 is 2.55 bits per heavy atom. The summed E-state index contributed by atoms with van der Waals surface area (Å²) in [5.41, 5.74) is 1.08. The van der Waals surface area contributed by atoms with E-state index in [2.05, 4.69) is 5.16 Å². The van der Waals surface area contributed by atoms with Crippen molar-refractivity contribution in [3.05, 3.63) is 34.9 Å². The summed E-state index contributed by atoms with van der Waals surface area (Å²) in [4.78, 5) is 0. The van der Waals surface area contributed by atoms with Crippen LogP contribution in [0.4, 0.5) is 0 Å². The molecule has 0 spiro atoms. The van der Waals surface area contributed by atoms with Crippen LogP contribution in [-0.4, -0.2) is 11.4 Å². The molecule has 0 saturated carbocycles. The molecule has 1 aromatic carbocycles. The molecular weight excluding hydrogens is 162 g/mol. The van der Waals surface area contributed by atoms with E-state index in [0.29, 0.717) is 6.42 Å². The maximum atomic E-state index is 8.13. The monoisotopic (exact) mass is 169 g/mol. The van der Waals surface area contributed by atoms with E-state index in [1.165, 1.54) is 6.21 Å². The van der Waals surface area contributed by atoms with E-state index >= 15 is 0 Å². The van der Waals surface area contributed by atoms with Crippen molar-refractivity contribution in [1.29, 1.82) is 0 Å². The van der Waals surface area contributed by atoms with E-state index in [0.717, 1.165) is 10.6 Å². The molecule has 3 heteroatoms. The predicted molar refractivity (Wildman–Crippen MR) is 45.4 cm³/mol. The lowest BCUT2D eigenvalue weighted by Crippen LogP contribution is -1.84. The minimum Gasteiger partial charge on any atom is -0.411 e. The number of rotatable bonds is 2. The van der Waals surface area contributed by atoms with Crippen molar-refractivity contribution in [2.75, 3.05) is 0 Å². The van der Waals surface area contributed by atoms with E-state index < -0.39 is 0 Å². The van der Waals surface area contributed by atoms with Gasteiger partial charge in [-0.2, -0.15) is 0 Å². The minimum atomic E-state index is 0.633. The zero-order chi connectivity index (χ0) is 8.10. The van der Waals surface area contributed by atoms with Crippen molar-refractivity contribution in [3.8, 4) is 0 Å². The van der Waals surface area contributed by atoms with Gasteiger partial charge < -0.3 is 5.21 Å². The Hall–Kier alpha value is -1.02. The fourth-order valence-corrected chi connectivity index (χ4v) is 0.893. The number of halogens is 1. The molecule has 0 aromatic heterocycles. The lowest BCUT2D eigenvalue weighted by molar-refractivity contribution is 0.321. The molecule has 0 amide bonds. The number of oxime groups is 1. The first-order valence-corrected chi connectivity index (χ1v) is 3.61. The number of hydrogen-bond acceptors (Lipinski definition) is 2. The van der Waals surface area contributed by atoms with Crippen LogP contribution in [-0.2, 0) is 6.42 Å². The third-order valence-corrected chi connectivity index (χ3v) is 1.57. The quantitative estimate of drug-likeness (QED) is 0.412. The second kappa shape index (κ2) is 3.98. The van der Waals surface area contributed by atoms with Crippen LogP contribution in [0.25, 0.3) is 0 Å². The maximum absolute atomic E-state index is 8.13. The van der Waals surface area contributed by atoms with Crippen LogP contribution < -0.4 is 0 Å². The van der Waals surface area contributed by atoms with Crippen LogP contribution >= 0.6 is 11.6 Å². The first-order valence-electron chi connectivity index (χ1n) is 3.23. The van der Waals surface area contributed by atoms with Gasteiger partial charge >= 0.3 is 0 Å². The molecule has 1 N–H and O–H groups in total. The van der Waals surface area contributed by atoms with Gasteiger partial charge in [-0.1, -0.05) is 23.7 Å². The average Bonchev–Trinajstić information content (AvgIpc) is 2.04. The SMILES string of the molecule is O/N=C\Cc1ccc(Cl)cc1. The Morgan fingerprint density at radius 1 is 1.36 bits per heavy atom. The van der Waals surface area contributed by atoms with Gasteiger partial charge in [-0.05, 0) is 17.7 Å². The van der Waals surface area contributed by atoms with E-state index in [-0.39, 0.29) is 0 Å². The Labute approximate surface area is 70.1 Å². The molecule has 0 heterocycles. The molecule has 0 fully saturated rings. The molecule has 0 atom stereocenters. The third kappa shape index (κ3) is 2.60. The largest absolute Gasteiger partial charge is 0.411 e. The molecule has 2 nitrogen and oxygen atoms in total. The highest BCUT2D eigenvalue weighted by Gasteiger charge is 1.89. The highest BCUT2D eigenvalue weighted by atomic mass is 35.5. The van der Waals surface area contributed by atoms with Gasteiger partial charge in [0.2, 0.25) is 0 Å². The number of hydrogen-bond donors (Lipinski definition) is 1. The summed E-state index contributed by atoms with van der Waals surface area (Å²) in [5, 5.41) is 11.7. The molecule has 0 radical (unpaired) electrons. The Morgan fingerprint density at radius 2 is 2.00 bits per heavy atom. The smallest absolute Gasteiger partial charge is 0.0479 e. The zero-order valence-corrected chi connectivity index (χ0v) is 6.62. The van der Waals surface area contributed by atoms with E-state index in [1.807, 2.05) is 24.3 Å². The zero-order valence-electron chi connectivity index (χ0n) is 5.87. The lowest BCUT2D eigenvalue weighted by atomic mass is 10.2. The van der Waals surface area contributed by atoms with Gasteiger partial charge in [0.15, 0.2) is 0 Å². The van der Waals surface area contributed by atoms with E-state index in [1.54, 1.807) is 0 Å². The van der Waals surface area contributed by atoms with Crippen molar-refractivity contribution < 1.29 is 5.21 Å². The molecule has 0 saturated heterocycles. The Bertz CT molecular complexity index is 243. The van der Waals surface area contributed by atoms with Crippen molar-refractivity contribution in [1.82, 2.24) is 0 Å². The van der Waals surface area contributed by atoms with Crippen LogP contribution in [0.2, 0.25) is 5.02 Å². The lowest BCUT2D eigenvalue weighted by Gasteiger charge is -1.93. The Kier molecular flexibility index (Phi) is 2.93. The first-order chi connectivity index (χ1) is 5.33. The average molecular weight is 170 g/mol. The van der Waals surface area contributed by atoms with Gasteiger partial charge in [0.25, 0.3) is 0 Å². The van der Waals surface area contributed by atoms with Gasteiger partial charge in [-0.3, -0.25) is 0 Å². The van der Waals surface area contributed by atoms with E-state index in [9.17, 15) is 0 Å². The molecule has 0 aliphatic rings. The van der Waals surface area contributed by atoms with Crippen LogP contribution in [0.15, 0.2) is 29.4 Å². The van der Waals surface area contributed by atoms with E-state index in [4.69, 9.17) is 16.8 Å². The second-order valence-corrected chi connectivity index (χ2v) is 2.57. The van der Waals surface area contributed by atoms with Gasteiger partial charge in [0.1, 0.15) is 0 Å². The summed E-state index contributed by atoms with van der Waals surface area (Å²) >= 11 is 5.66. The van der Waals surface area contributed by atoms with Crippen LogP contribution in [0.5, 0.6) is 0 Å². The minimum absolute atomic E-state index is 0.633. The first kappa shape index (κ1) is 8.08. The molecule has 58 valence electrons. The summed E-state index contributed by atoms with van der Waals surface area (Å²) < 4.78 is 0. The molecule has 1 rings (SSSR count). The van der Waals surface area contributed by atoms with Crippen molar-refractivity contribution in [3.63, 3.8) is 0 Å². The van der Waals surface area contributed by atoms with Crippen molar-refractivity contribution >= 4 is 17.8 Å². The highest BCUT2D eigenvalue weighted by Crippen LogP contribution is 2.08. The Balaban J connectivity index is 2.66. The highest BCUT2D eigenvalue weighted by molar-refractivity contribution is 6.30. The molecule has 0 aliphatic carbocycles. The third-order valence-electron chi connectivity index (χ3n) is 1.32. The summed E-state index contributed by atoms with van der Waals surface area (Å²) in [6.07, 6.45) is 2.07. The molecule has 11 heavy (non-hydrogen) atoms. The topological polar surface area (TPSA) is 32.6 Å². The second-order valence-electron chi connectivity index (χ2n) is 2.13. The summed E-state index contributed by atoms with van der Waals surface area (Å²) in [6.45, 7) is 0. The standard InChI is InChI=1S/C8H8ClNO/c9-8-3-1-7(2-4-8)5-6-10-11/h1-4,6,11H,5H2/b10-6-. The molecule has 1 aromatic rings. The van der Waals surface area contributed by atoms with Gasteiger partial charge in [-0.15, -0.1) is 5.16 Å². The fourth-order valence-electron chi connectivity index (χ4n) is 0.767. The fraction of sp³-hybridized carbons (Fsp3) is 0.125. The molecular formula is C8H8ClNO. The summed E-state index contributed by atoms with van der Waals surface area (Å²) in [7, 11) is 0. The van der Waals surface area contributed by atoms with Crippen LogP contribution in [0.1, 0.15) is 5.56 Å². The molecule has 0 bridgehead atoms. The summed E-state index contributed by atoms with van der Waals surface area (Å²) in [6, 6.07) is 7.40.